The number of nitrogens with two attached hydrogens (primary N) is 1. The van der Waals surface area contributed by atoms with E-state index in [-0.39, 0.29) is 11.8 Å². The van der Waals surface area contributed by atoms with Gasteiger partial charge in [0, 0.05) is 5.92 Å². The monoisotopic (exact) mass is 228 g/mol. The number of carbonyl (C=O) groups is 1. The summed E-state index contributed by atoms with van der Waals surface area (Å²) in [5, 5.41) is 11.7. The van der Waals surface area contributed by atoms with Gasteiger partial charge in [-0.05, 0) is 13.8 Å². The van der Waals surface area contributed by atoms with Crippen molar-refractivity contribution in [1.29, 1.82) is 0 Å². The molecular weight excluding hydrogens is 212 g/mol. The van der Waals surface area contributed by atoms with Crippen molar-refractivity contribution in [3.8, 4) is 0 Å². The van der Waals surface area contributed by atoms with Gasteiger partial charge in [0.2, 0.25) is 11.0 Å². The summed E-state index contributed by atoms with van der Waals surface area (Å²) in [6.45, 7) is 7.34. The lowest BCUT2D eigenvalue weighted by atomic mass is 10.1. The van der Waals surface area contributed by atoms with Crippen LogP contribution in [0, 0.1) is 5.92 Å². The quantitative estimate of drug-likeness (QED) is 0.817. The van der Waals surface area contributed by atoms with Gasteiger partial charge >= 0.3 is 0 Å². The highest BCUT2D eigenvalue weighted by Gasteiger charge is 2.20. The molecule has 6 heteroatoms. The van der Waals surface area contributed by atoms with E-state index in [0.717, 1.165) is 0 Å². The smallest absolute Gasteiger partial charge is 0.228 e. The van der Waals surface area contributed by atoms with Gasteiger partial charge in [-0.1, -0.05) is 25.2 Å². The summed E-state index contributed by atoms with van der Waals surface area (Å²) < 4.78 is 0. The average Bonchev–Trinajstić information content (AvgIpc) is 2.51. The minimum atomic E-state index is -0.515. The third-order valence-corrected chi connectivity index (χ3v) is 2.91. The lowest BCUT2D eigenvalue weighted by molar-refractivity contribution is -0.118. The van der Waals surface area contributed by atoms with Crippen molar-refractivity contribution < 1.29 is 4.79 Å². The third-order valence-electron chi connectivity index (χ3n) is 1.73. The second kappa shape index (κ2) is 4.24. The molecule has 0 fully saturated rings. The minimum absolute atomic E-state index is 0.0625. The maximum Gasteiger partial charge on any atom is 0.228 e. The van der Waals surface area contributed by atoms with E-state index in [1.54, 1.807) is 0 Å². The van der Waals surface area contributed by atoms with Crippen molar-refractivity contribution >= 4 is 22.4 Å². The lowest BCUT2D eigenvalue weighted by Gasteiger charge is -2.12. The molecule has 5 nitrogen and oxygen atoms in total. The Morgan fingerprint density at radius 3 is 2.47 bits per heavy atom. The molecule has 0 atom stereocenters. The maximum absolute atomic E-state index is 11.4. The molecule has 15 heavy (non-hydrogen) atoms. The number of amides is 1. The summed E-state index contributed by atoms with van der Waals surface area (Å²) in [5.41, 5.74) is 5.34. The molecule has 0 aliphatic carbocycles. The first-order chi connectivity index (χ1) is 6.80. The summed E-state index contributed by atoms with van der Waals surface area (Å²) in [6.07, 6.45) is 0. The Morgan fingerprint density at radius 2 is 2.07 bits per heavy atom. The van der Waals surface area contributed by atoms with Crippen LogP contribution in [-0.4, -0.2) is 16.1 Å². The molecule has 0 spiro atoms. The number of hydrogen-bond acceptors (Lipinski definition) is 5. The highest BCUT2D eigenvalue weighted by molar-refractivity contribution is 7.15. The van der Waals surface area contributed by atoms with Crippen molar-refractivity contribution in [3.63, 3.8) is 0 Å². The molecule has 84 valence electrons. The van der Waals surface area contributed by atoms with Crippen LogP contribution in [0.25, 0.3) is 0 Å². The van der Waals surface area contributed by atoms with Crippen LogP contribution in [0.1, 0.15) is 32.7 Å². The van der Waals surface area contributed by atoms with Gasteiger partial charge in [-0.3, -0.25) is 4.79 Å². The fourth-order valence-electron chi connectivity index (χ4n) is 0.784. The van der Waals surface area contributed by atoms with Crippen LogP contribution >= 0.6 is 11.3 Å². The molecule has 0 radical (unpaired) electrons. The van der Waals surface area contributed by atoms with Gasteiger partial charge in [0.25, 0.3) is 0 Å². The molecule has 1 heterocycles. The number of anilines is 1. The lowest BCUT2D eigenvalue weighted by Crippen LogP contribution is -2.28. The van der Waals surface area contributed by atoms with Crippen LogP contribution < -0.4 is 11.1 Å². The van der Waals surface area contributed by atoms with E-state index in [2.05, 4.69) is 15.5 Å². The molecule has 0 saturated carbocycles. The van der Waals surface area contributed by atoms with Crippen molar-refractivity contribution in [1.82, 2.24) is 10.2 Å². The Balaban J connectivity index is 2.73. The zero-order chi connectivity index (χ0) is 11.6. The summed E-state index contributed by atoms with van der Waals surface area (Å²) >= 11 is 1.31. The maximum atomic E-state index is 11.4. The Hall–Kier alpha value is -1.01. The molecule has 0 bridgehead atoms. The third kappa shape index (κ3) is 3.24. The highest BCUT2D eigenvalue weighted by atomic mass is 32.1. The number of rotatable bonds is 3. The van der Waals surface area contributed by atoms with Gasteiger partial charge in [-0.15, -0.1) is 10.2 Å². The van der Waals surface area contributed by atoms with Gasteiger partial charge in [0.15, 0.2) is 0 Å². The average molecular weight is 228 g/mol. The number of nitrogens with zero attached hydrogens (tertiary/aromatic N) is 2. The molecule has 0 aliphatic rings. The van der Waals surface area contributed by atoms with Gasteiger partial charge < -0.3 is 11.1 Å². The zero-order valence-corrected chi connectivity index (χ0v) is 10.2. The van der Waals surface area contributed by atoms with Crippen LogP contribution in [0.3, 0.4) is 0 Å². The minimum Gasteiger partial charge on any atom is -0.320 e. The van der Waals surface area contributed by atoms with Crippen molar-refractivity contribution in [3.05, 3.63) is 5.01 Å². The van der Waals surface area contributed by atoms with Crippen LogP contribution in [0.4, 0.5) is 5.13 Å². The van der Waals surface area contributed by atoms with Crippen molar-refractivity contribution in [2.75, 3.05) is 5.32 Å². The van der Waals surface area contributed by atoms with E-state index in [0.29, 0.717) is 10.1 Å². The van der Waals surface area contributed by atoms with E-state index >= 15 is 0 Å². The van der Waals surface area contributed by atoms with Gasteiger partial charge in [0.05, 0.1) is 5.54 Å². The molecule has 1 aromatic rings. The number of aromatic nitrogens is 2. The van der Waals surface area contributed by atoms with E-state index in [1.165, 1.54) is 11.3 Å². The first kappa shape index (κ1) is 12.1. The SMILES string of the molecule is CC(C)C(=O)Nc1nnc(C(C)(C)N)s1. The number of carbonyl (C=O) groups excluding carboxylic acids is 1. The van der Waals surface area contributed by atoms with E-state index in [9.17, 15) is 4.79 Å². The Bertz CT molecular complexity index is 353. The predicted octanol–water partition coefficient (Wildman–Crippen LogP) is 1.33. The standard InChI is InChI=1S/C9H16N4OS/c1-5(2)6(14)11-8-13-12-7(15-8)9(3,4)10/h5H,10H2,1-4H3,(H,11,13,14). The second-order valence-corrected chi connectivity index (χ2v) is 5.26. The van der Waals surface area contributed by atoms with Gasteiger partial charge in [-0.2, -0.15) is 0 Å². The molecule has 0 aromatic carbocycles. The van der Waals surface area contributed by atoms with E-state index < -0.39 is 5.54 Å². The molecule has 0 aliphatic heterocycles. The normalized spacial score (nSPS) is 11.9. The first-order valence-electron chi connectivity index (χ1n) is 4.74. The van der Waals surface area contributed by atoms with Crippen LogP contribution in [0.2, 0.25) is 0 Å². The van der Waals surface area contributed by atoms with E-state index in [1.807, 2.05) is 27.7 Å². The van der Waals surface area contributed by atoms with E-state index in [4.69, 9.17) is 5.73 Å². The van der Waals surface area contributed by atoms with Gasteiger partial charge in [-0.25, -0.2) is 0 Å². The summed E-state index contributed by atoms with van der Waals surface area (Å²) in [4.78, 5) is 11.4. The first-order valence-corrected chi connectivity index (χ1v) is 5.56. The van der Waals surface area contributed by atoms with Crippen LogP contribution in [0.15, 0.2) is 0 Å². The van der Waals surface area contributed by atoms with Gasteiger partial charge in [0.1, 0.15) is 5.01 Å². The topological polar surface area (TPSA) is 80.9 Å². The molecule has 0 saturated heterocycles. The fraction of sp³-hybridized carbons (Fsp3) is 0.667. The largest absolute Gasteiger partial charge is 0.320 e. The Morgan fingerprint density at radius 1 is 1.47 bits per heavy atom. The highest BCUT2D eigenvalue weighted by Crippen LogP contribution is 2.24. The Labute approximate surface area is 93.1 Å². The Kier molecular flexibility index (Phi) is 3.41. The number of hydrogen-bond donors (Lipinski definition) is 2. The molecule has 0 unspecified atom stereocenters. The summed E-state index contributed by atoms with van der Waals surface area (Å²) in [5.74, 6) is -0.129. The van der Waals surface area contributed by atoms with Crippen molar-refractivity contribution in [2.24, 2.45) is 11.7 Å². The summed E-state index contributed by atoms with van der Waals surface area (Å²) in [7, 11) is 0. The van der Waals surface area contributed by atoms with Crippen LogP contribution in [0.5, 0.6) is 0 Å². The molecular formula is C9H16N4OS. The van der Waals surface area contributed by atoms with Crippen molar-refractivity contribution in [2.45, 2.75) is 33.2 Å². The van der Waals surface area contributed by atoms with Crippen LogP contribution in [-0.2, 0) is 10.3 Å². The predicted molar refractivity (Wildman–Crippen MR) is 60.6 cm³/mol. The molecule has 1 rings (SSSR count). The molecule has 1 amide bonds. The summed E-state index contributed by atoms with van der Waals surface area (Å²) in [6, 6.07) is 0. The number of nitrogens with one attached hydrogen (secondary N) is 1. The second-order valence-electron chi connectivity index (χ2n) is 4.28. The molecule has 1 aromatic heterocycles. The fourth-order valence-corrected chi connectivity index (χ4v) is 1.54. The zero-order valence-electron chi connectivity index (χ0n) is 9.37. The molecule has 3 N–H and O–H groups in total.